The molecule has 1 aromatic rings. The van der Waals surface area contributed by atoms with Crippen LogP contribution in [-0.2, 0) is 4.74 Å². The first-order chi connectivity index (χ1) is 8.72. The van der Waals surface area contributed by atoms with Crippen molar-refractivity contribution in [2.75, 3.05) is 6.61 Å². The highest BCUT2D eigenvalue weighted by Gasteiger charge is 2.26. The zero-order valence-corrected chi connectivity index (χ0v) is 10.0. The van der Waals surface area contributed by atoms with Gasteiger partial charge in [-0.25, -0.2) is 0 Å². The molecule has 0 radical (unpaired) electrons. The molecule has 3 rings (SSSR count). The smallest absolute Gasteiger partial charge is 0.120 e. The van der Waals surface area contributed by atoms with Crippen molar-refractivity contribution in [3.63, 3.8) is 0 Å². The van der Waals surface area contributed by atoms with Crippen molar-refractivity contribution in [2.45, 2.75) is 24.9 Å². The Balaban J connectivity index is 1.79. The fourth-order valence-corrected chi connectivity index (χ4v) is 2.51. The Morgan fingerprint density at radius 1 is 1.17 bits per heavy atom. The molecule has 3 heteroatoms. The van der Waals surface area contributed by atoms with Gasteiger partial charge in [0.2, 0.25) is 0 Å². The molecule has 2 N–H and O–H groups in total. The molecule has 1 aromatic carbocycles. The van der Waals surface area contributed by atoms with Crippen molar-refractivity contribution in [3.8, 4) is 5.75 Å². The average Bonchev–Trinajstić information content (AvgIpc) is 2.39. The van der Waals surface area contributed by atoms with Crippen molar-refractivity contribution in [1.82, 2.24) is 0 Å². The monoisotopic (exact) mass is 244 g/mol. The van der Waals surface area contributed by atoms with Crippen LogP contribution in [0, 0.1) is 0 Å². The summed E-state index contributed by atoms with van der Waals surface area (Å²) in [4.78, 5) is 0. The number of benzene rings is 1. The molecule has 0 saturated carbocycles. The molecule has 0 amide bonds. The summed E-state index contributed by atoms with van der Waals surface area (Å²) in [6.07, 6.45) is 5.05. The molecule has 1 saturated heterocycles. The predicted molar refractivity (Wildman–Crippen MR) is 68.2 cm³/mol. The lowest BCUT2D eigenvalue weighted by Gasteiger charge is -2.30. The fourth-order valence-electron chi connectivity index (χ4n) is 2.51. The quantitative estimate of drug-likeness (QED) is 0.798. The molecule has 2 aliphatic rings. The lowest BCUT2D eigenvalue weighted by atomic mass is 9.87. The van der Waals surface area contributed by atoms with Crippen LogP contribution in [0.3, 0.4) is 0 Å². The normalized spacial score (nSPS) is 26.7. The number of phenolic OH excluding ortho intramolecular Hbond substituents is 1. The predicted octanol–water partition coefficient (Wildman–Crippen LogP) is 2.47. The molecule has 3 nitrogen and oxygen atoms in total. The molecule has 1 heterocycles. The molecule has 1 aliphatic heterocycles. The molecule has 0 spiro atoms. The summed E-state index contributed by atoms with van der Waals surface area (Å²) in [6.45, 7) is 0.626. The SMILES string of the molecule is Oc1ccc([C@H]2COC3=CC(O)CC=C3C2)cc1. The van der Waals surface area contributed by atoms with Gasteiger partial charge in [-0.15, -0.1) is 0 Å². The molecule has 18 heavy (non-hydrogen) atoms. The minimum absolute atomic E-state index is 0.288. The van der Waals surface area contributed by atoms with E-state index in [4.69, 9.17) is 4.74 Å². The minimum atomic E-state index is -0.408. The Bertz CT molecular complexity index is 499. The van der Waals surface area contributed by atoms with Crippen LogP contribution in [0.15, 0.2) is 47.7 Å². The molecular formula is C15H16O3. The van der Waals surface area contributed by atoms with Crippen molar-refractivity contribution in [1.29, 1.82) is 0 Å². The van der Waals surface area contributed by atoms with E-state index in [9.17, 15) is 10.2 Å². The van der Waals surface area contributed by atoms with Gasteiger partial charge in [-0.2, -0.15) is 0 Å². The lowest BCUT2D eigenvalue weighted by Crippen LogP contribution is -2.20. The second kappa shape index (κ2) is 4.50. The van der Waals surface area contributed by atoms with Gasteiger partial charge in [0.1, 0.15) is 11.5 Å². The zero-order valence-electron chi connectivity index (χ0n) is 10.0. The highest BCUT2D eigenvalue weighted by Crippen LogP contribution is 2.36. The average molecular weight is 244 g/mol. The number of fused-ring (bicyclic) bond motifs is 1. The van der Waals surface area contributed by atoms with Crippen LogP contribution in [0.2, 0.25) is 0 Å². The Kier molecular flexibility index (Phi) is 2.84. The molecule has 1 unspecified atom stereocenters. The van der Waals surface area contributed by atoms with Crippen LogP contribution in [0.1, 0.15) is 24.3 Å². The fraction of sp³-hybridized carbons (Fsp3) is 0.333. The Hall–Kier alpha value is -1.74. The first-order valence-corrected chi connectivity index (χ1v) is 6.23. The summed E-state index contributed by atoms with van der Waals surface area (Å²) < 4.78 is 5.72. The number of hydrogen-bond donors (Lipinski definition) is 2. The maximum absolute atomic E-state index is 9.53. The van der Waals surface area contributed by atoms with Crippen LogP contribution < -0.4 is 0 Å². The molecule has 0 aromatic heterocycles. The summed E-state index contributed by atoms with van der Waals surface area (Å²) in [5.41, 5.74) is 2.36. The van der Waals surface area contributed by atoms with Gasteiger partial charge in [0, 0.05) is 5.92 Å². The Morgan fingerprint density at radius 3 is 2.72 bits per heavy atom. The summed E-state index contributed by atoms with van der Waals surface area (Å²) in [5, 5.41) is 18.8. The number of allylic oxidation sites excluding steroid dienone is 1. The Morgan fingerprint density at radius 2 is 1.94 bits per heavy atom. The number of aliphatic hydroxyl groups is 1. The largest absolute Gasteiger partial charge is 0.508 e. The van der Waals surface area contributed by atoms with Gasteiger partial charge in [-0.1, -0.05) is 18.2 Å². The third kappa shape index (κ3) is 2.14. The molecule has 2 atom stereocenters. The molecule has 0 bridgehead atoms. The van der Waals surface area contributed by atoms with Crippen molar-refractivity contribution in [2.24, 2.45) is 0 Å². The van der Waals surface area contributed by atoms with Gasteiger partial charge in [-0.05, 0) is 42.2 Å². The van der Waals surface area contributed by atoms with Crippen LogP contribution in [0.4, 0.5) is 0 Å². The second-order valence-corrected chi connectivity index (χ2v) is 4.87. The minimum Gasteiger partial charge on any atom is -0.508 e. The molecule has 1 aliphatic carbocycles. The molecule has 94 valence electrons. The van der Waals surface area contributed by atoms with E-state index in [1.807, 2.05) is 12.1 Å². The van der Waals surface area contributed by atoms with Crippen LogP contribution in [0.5, 0.6) is 5.75 Å². The third-order valence-electron chi connectivity index (χ3n) is 3.54. The highest BCUT2D eigenvalue weighted by molar-refractivity contribution is 5.37. The van der Waals surface area contributed by atoms with E-state index in [0.29, 0.717) is 18.9 Å². The second-order valence-electron chi connectivity index (χ2n) is 4.87. The van der Waals surface area contributed by atoms with Gasteiger partial charge < -0.3 is 14.9 Å². The summed E-state index contributed by atoms with van der Waals surface area (Å²) in [6, 6.07) is 7.30. The lowest BCUT2D eigenvalue weighted by molar-refractivity contribution is 0.155. The van der Waals surface area contributed by atoms with E-state index in [1.165, 1.54) is 11.1 Å². The van der Waals surface area contributed by atoms with E-state index in [1.54, 1.807) is 18.2 Å². The van der Waals surface area contributed by atoms with Gasteiger partial charge in [0.25, 0.3) is 0 Å². The van der Waals surface area contributed by atoms with Gasteiger partial charge >= 0.3 is 0 Å². The summed E-state index contributed by atoms with van der Waals surface area (Å²) in [5.74, 6) is 1.45. The number of phenols is 1. The maximum atomic E-state index is 9.53. The first-order valence-electron chi connectivity index (χ1n) is 6.23. The van der Waals surface area contributed by atoms with Crippen LogP contribution in [-0.4, -0.2) is 22.9 Å². The van der Waals surface area contributed by atoms with Gasteiger partial charge in [0.05, 0.1) is 12.7 Å². The number of aliphatic hydroxyl groups excluding tert-OH is 1. The topological polar surface area (TPSA) is 49.7 Å². The number of aromatic hydroxyl groups is 1. The van der Waals surface area contributed by atoms with E-state index in [-0.39, 0.29) is 5.75 Å². The zero-order chi connectivity index (χ0) is 12.5. The van der Waals surface area contributed by atoms with Gasteiger partial charge in [0.15, 0.2) is 0 Å². The van der Waals surface area contributed by atoms with Crippen molar-refractivity contribution in [3.05, 3.63) is 53.3 Å². The summed E-state index contributed by atoms with van der Waals surface area (Å²) >= 11 is 0. The standard InChI is InChI=1S/C15H16O3/c16-13-4-1-10(2-5-13)12-7-11-3-6-14(17)8-15(11)18-9-12/h1-5,8,12,14,16-17H,6-7,9H2/t12-,14?/m1/s1. The highest BCUT2D eigenvalue weighted by atomic mass is 16.5. The third-order valence-corrected chi connectivity index (χ3v) is 3.54. The molecular weight excluding hydrogens is 228 g/mol. The number of rotatable bonds is 1. The molecule has 1 fully saturated rings. The maximum Gasteiger partial charge on any atom is 0.120 e. The van der Waals surface area contributed by atoms with E-state index < -0.39 is 6.10 Å². The van der Waals surface area contributed by atoms with Crippen molar-refractivity contribution < 1.29 is 14.9 Å². The first kappa shape index (κ1) is 11.4. The van der Waals surface area contributed by atoms with E-state index in [0.717, 1.165) is 12.2 Å². The summed E-state index contributed by atoms with van der Waals surface area (Å²) in [7, 11) is 0. The van der Waals surface area contributed by atoms with E-state index in [2.05, 4.69) is 6.08 Å². The van der Waals surface area contributed by atoms with E-state index >= 15 is 0 Å². The van der Waals surface area contributed by atoms with Crippen LogP contribution >= 0.6 is 0 Å². The Labute approximate surface area is 106 Å². The van der Waals surface area contributed by atoms with Crippen LogP contribution in [0.25, 0.3) is 0 Å². The van der Waals surface area contributed by atoms with Gasteiger partial charge in [-0.3, -0.25) is 0 Å². The number of ether oxygens (including phenoxy) is 1. The number of hydrogen-bond acceptors (Lipinski definition) is 3. The van der Waals surface area contributed by atoms with Crippen molar-refractivity contribution >= 4 is 0 Å².